The van der Waals surface area contributed by atoms with E-state index in [4.69, 9.17) is 16.7 Å². The number of carbonyl (C=O) groups is 1. The fraction of sp³-hybridized carbons (Fsp3) is 0.353. The van der Waals surface area contributed by atoms with Crippen molar-refractivity contribution >= 4 is 34.5 Å². The van der Waals surface area contributed by atoms with Crippen LogP contribution >= 0.6 is 11.6 Å². The van der Waals surface area contributed by atoms with Crippen molar-refractivity contribution in [1.82, 2.24) is 4.57 Å². The second-order valence-corrected chi connectivity index (χ2v) is 5.80. The van der Waals surface area contributed by atoms with E-state index in [1.165, 1.54) is 11.1 Å². The molecule has 0 aliphatic rings. The van der Waals surface area contributed by atoms with Crippen LogP contribution in [0.15, 0.2) is 17.7 Å². The smallest absolute Gasteiger partial charge is 0.331 e. The van der Waals surface area contributed by atoms with E-state index in [9.17, 15) is 4.79 Å². The average molecular weight is 306 g/mol. The highest BCUT2D eigenvalue weighted by Gasteiger charge is 2.16. The molecule has 1 N–H and O–H groups in total. The summed E-state index contributed by atoms with van der Waals surface area (Å²) in [7, 11) is 0. The maximum absolute atomic E-state index is 11.1. The van der Waals surface area contributed by atoms with Gasteiger partial charge in [-0.15, -0.1) is 0 Å². The Morgan fingerprint density at radius 2 is 1.95 bits per heavy atom. The van der Waals surface area contributed by atoms with Crippen LogP contribution in [-0.2, 0) is 11.3 Å². The van der Waals surface area contributed by atoms with Gasteiger partial charge in [-0.2, -0.15) is 0 Å². The summed E-state index contributed by atoms with van der Waals surface area (Å²) in [6, 6.07) is 4.21. The molecule has 0 unspecified atom stereocenters. The number of benzene rings is 1. The summed E-state index contributed by atoms with van der Waals surface area (Å²) in [5.41, 5.74) is 4.53. The first-order valence-electron chi connectivity index (χ1n) is 7.07. The van der Waals surface area contributed by atoms with Crippen molar-refractivity contribution in [3.05, 3.63) is 39.5 Å². The van der Waals surface area contributed by atoms with Gasteiger partial charge in [0, 0.05) is 23.1 Å². The molecule has 0 saturated heterocycles. The molecule has 2 aromatic rings. The second kappa shape index (κ2) is 5.94. The Kier molecular flexibility index (Phi) is 4.43. The van der Waals surface area contributed by atoms with Gasteiger partial charge in [0.05, 0.1) is 5.52 Å². The van der Waals surface area contributed by atoms with Gasteiger partial charge in [-0.1, -0.05) is 18.5 Å². The number of fused-ring (bicyclic) bond motifs is 1. The molecular formula is C17H20ClNO2. The summed E-state index contributed by atoms with van der Waals surface area (Å²) in [5, 5.41) is 10.7. The van der Waals surface area contributed by atoms with Crippen LogP contribution in [0.4, 0.5) is 0 Å². The third-order valence-electron chi connectivity index (χ3n) is 3.80. The summed E-state index contributed by atoms with van der Waals surface area (Å²) in [4.78, 5) is 11.1. The van der Waals surface area contributed by atoms with Crippen LogP contribution < -0.4 is 0 Å². The Morgan fingerprint density at radius 3 is 2.52 bits per heavy atom. The van der Waals surface area contributed by atoms with Crippen molar-refractivity contribution in [3.63, 3.8) is 0 Å². The van der Waals surface area contributed by atoms with Crippen LogP contribution in [0.1, 0.15) is 37.0 Å². The number of hydrogen-bond acceptors (Lipinski definition) is 1. The fourth-order valence-corrected chi connectivity index (χ4v) is 2.79. The van der Waals surface area contributed by atoms with E-state index in [1.54, 1.807) is 13.0 Å². The molecule has 1 heterocycles. The van der Waals surface area contributed by atoms with Crippen molar-refractivity contribution in [2.45, 2.75) is 40.7 Å². The largest absolute Gasteiger partial charge is 0.478 e. The van der Waals surface area contributed by atoms with Crippen LogP contribution in [0.2, 0.25) is 5.15 Å². The predicted octanol–water partition coefficient (Wildman–Crippen LogP) is 4.81. The molecule has 1 aromatic heterocycles. The van der Waals surface area contributed by atoms with E-state index in [-0.39, 0.29) is 5.57 Å². The highest BCUT2D eigenvalue weighted by atomic mass is 35.5. The topological polar surface area (TPSA) is 42.2 Å². The quantitative estimate of drug-likeness (QED) is 0.824. The molecule has 1 aromatic carbocycles. The summed E-state index contributed by atoms with van der Waals surface area (Å²) >= 11 is 6.51. The van der Waals surface area contributed by atoms with Crippen LogP contribution in [0.3, 0.4) is 0 Å². The second-order valence-electron chi connectivity index (χ2n) is 5.44. The van der Waals surface area contributed by atoms with Crippen LogP contribution in [0.25, 0.3) is 17.0 Å². The number of nitrogens with zero attached hydrogens (tertiary/aromatic N) is 1. The zero-order valence-electron chi connectivity index (χ0n) is 12.8. The Morgan fingerprint density at radius 1 is 1.33 bits per heavy atom. The van der Waals surface area contributed by atoms with Gasteiger partial charge < -0.3 is 9.67 Å². The van der Waals surface area contributed by atoms with Gasteiger partial charge in [0.1, 0.15) is 5.15 Å². The molecule has 2 rings (SSSR count). The molecule has 3 nitrogen and oxygen atoms in total. The minimum absolute atomic E-state index is 0.283. The van der Waals surface area contributed by atoms with Gasteiger partial charge in [-0.05, 0) is 56.5 Å². The molecule has 112 valence electrons. The van der Waals surface area contributed by atoms with Gasteiger partial charge >= 0.3 is 5.97 Å². The first kappa shape index (κ1) is 15.6. The lowest BCUT2D eigenvalue weighted by Crippen LogP contribution is -1.97. The van der Waals surface area contributed by atoms with E-state index in [0.717, 1.165) is 29.4 Å². The lowest BCUT2D eigenvalue weighted by atomic mass is 10.0. The summed E-state index contributed by atoms with van der Waals surface area (Å²) in [6.45, 7) is 8.63. The number of halogens is 1. The van der Waals surface area contributed by atoms with Gasteiger partial charge in [-0.3, -0.25) is 0 Å². The van der Waals surface area contributed by atoms with Crippen LogP contribution in [0.5, 0.6) is 0 Å². The van der Waals surface area contributed by atoms with Gasteiger partial charge in [-0.25, -0.2) is 4.79 Å². The summed E-state index contributed by atoms with van der Waals surface area (Å²) in [6.07, 6.45) is 2.63. The van der Waals surface area contributed by atoms with Crippen molar-refractivity contribution in [1.29, 1.82) is 0 Å². The Balaban J connectivity index is 2.81. The van der Waals surface area contributed by atoms with Gasteiger partial charge in [0.15, 0.2) is 0 Å². The zero-order valence-corrected chi connectivity index (χ0v) is 13.6. The minimum atomic E-state index is -0.925. The normalized spacial score (nSPS) is 12.1. The van der Waals surface area contributed by atoms with E-state index in [0.29, 0.717) is 5.15 Å². The molecule has 0 radical (unpaired) electrons. The number of carboxylic acids is 1. The molecule has 0 amide bonds. The van der Waals surface area contributed by atoms with Crippen molar-refractivity contribution < 1.29 is 9.90 Å². The monoisotopic (exact) mass is 305 g/mol. The number of aromatic nitrogens is 1. The Hall–Kier alpha value is -1.74. The summed E-state index contributed by atoms with van der Waals surface area (Å²) in [5.74, 6) is -0.925. The number of rotatable bonds is 4. The van der Waals surface area contributed by atoms with E-state index >= 15 is 0 Å². The SMILES string of the molecule is CCCn1c(Cl)c(/C=C(\C)C(=O)O)c2cc(C)c(C)cc21. The fourth-order valence-electron chi connectivity index (χ4n) is 2.46. The maximum atomic E-state index is 11.1. The minimum Gasteiger partial charge on any atom is -0.478 e. The standard InChI is InChI=1S/C17H20ClNO2/c1-5-6-19-15-9-11(3)10(2)7-13(15)14(16(19)18)8-12(4)17(20)21/h7-9H,5-6H2,1-4H3,(H,20,21)/b12-8+. The molecule has 0 atom stereocenters. The third kappa shape index (κ3) is 2.84. The number of aliphatic carboxylic acids is 1. The number of carboxylic acid groups (broad SMARTS) is 1. The van der Waals surface area contributed by atoms with Crippen molar-refractivity contribution in [3.8, 4) is 0 Å². The van der Waals surface area contributed by atoms with E-state index in [1.807, 2.05) is 0 Å². The third-order valence-corrected chi connectivity index (χ3v) is 4.21. The maximum Gasteiger partial charge on any atom is 0.331 e. The molecule has 0 saturated carbocycles. The van der Waals surface area contributed by atoms with Gasteiger partial charge in [0.25, 0.3) is 0 Å². The Labute approximate surface area is 129 Å². The highest BCUT2D eigenvalue weighted by Crippen LogP contribution is 2.34. The molecular weight excluding hydrogens is 286 g/mol. The number of hydrogen-bond donors (Lipinski definition) is 1. The van der Waals surface area contributed by atoms with Crippen molar-refractivity contribution in [2.75, 3.05) is 0 Å². The zero-order chi connectivity index (χ0) is 15.7. The molecule has 4 heteroatoms. The lowest BCUT2D eigenvalue weighted by Gasteiger charge is -2.06. The molecule has 0 spiro atoms. The predicted molar refractivity (Wildman–Crippen MR) is 88.0 cm³/mol. The molecule has 0 aliphatic carbocycles. The molecule has 0 fully saturated rings. The Bertz CT molecular complexity index is 741. The molecule has 21 heavy (non-hydrogen) atoms. The van der Waals surface area contributed by atoms with Crippen LogP contribution in [-0.4, -0.2) is 15.6 Å². The van der Waals surface area contributed by atoms with E-state index < -0.39 is 5.97 Å². The molecule has 0 aliphatic heterocycles. The number of aryl methyl sites for hydroxylation is 3. The first-order chi connectivity index (χ1) is 9.86. The van der Waals surface area contributed by atoms with Crippen LogP contribution in [0, 0.1) is 13.8 Å². The average Bonchev–Trinajstić information content (AvgIpc) is 2.65. The first-order valence-corrected chi connectivity index (χ1v) is 7.45. The van der Waals surface area contributed by atoms with Crippen molar-refractivity contribution in [2.24, 2.45) is 0 Å². The lowest BCUT2D eigenvalue weighted by molar-refractivity contribution is -0.132. The summed E-state index contributed by atoms with van der Waals surface area (Å²) < 4.78 is 2.06. The van der Waals surface area contributed by atoms with E-state index in [2.05, 4.69) is 37.5 Å². The molecule has 0 bridgehead atoms. The van der Waals surface area contributed by atoms with Gasteiger partial charge in [0.2, 0.25) is 0 Å². The highest BCUT2D eigenvalue weighted by molar-refractivity contribution is 6.33.